The number of aryl methyl sites for hydroxylation is 1. The van der Waals surface area contributed by atoms with E-state index in [0.717, 1.165) is 29.0 Å². The van der Waals surface area contributed by atoms with Crippen molar-refractivity contribution < 1.29 is 23.4 Å². The molecular weight excluding hydrogens is 399 g/mol. The number of aliphatic hydroxyl groups excluding tert-OH is 1. The maximum absolute atomic E-state index is 12.9. The third kappa shape index (κ3) is 4.77. The molecular formula is C20H22F3N5O2. The van der Waals surface area contributed by atoms with Crippen LogP contribution in [0.3, 0.4) is 0 Å². The molecule has 0 radical (unpaired) electrons. The molecule has 0 bridgehead atoms. The molecule has 7 nitrogen and oxygen atoms in total. The highest BCUT2D eigenvalue weighted by atomic mass is 19.4. The summed E-state index contributed by atoms with van der Waals surface area (Å²) < 4.78 is 40.2. The van der Waals surface area contributed by atoms with Gasteiger partial charge in [0.05, 0.1) is 18.8 Å². The Morgan fingerprint density at radius 2 is 1.93 bits per heavy atom. The van der Waals surface area contributed by atoms with Gasteiger partial charge in [-0.25, -0.2) is 9.97 Å². The molecule has 2 heterocycles. The van der Waals surface area contributed by atoms with E-state index in [9.17, 15) is 23.4 Å². The molecule has 0 amide bonds. The molecule has 30 heavy (non-hydrogen) atoms. The van der Waals surface area contributed by atoms with Crippen LogP contribution in [-0.2, 0) is 6.18 Å². The normalized spacial score (nSPS) is 14.9. The highest BCUT2D eigenvalue weighted by molar-refractivity contribution is 5.70. The maximum atomic E-state index is 12.9. The summed E-state index contributed by atoms with van der Waals surface area (Å²) in [4.78, 5) is 7.37. The number of alkyl halides is 3. The Balaban J connectivity index is 1.88. The largest absolute Gasteiger partial charge is 0.433 e. The maximum Gasteiger partial charge on any atom is 0.433 e. The third-order valence-electron chi connectivity index (χ3n) is 4.83. The van der Waals surface area contributed by atoms with E-state index in [0.29, 0.717) is 5.69 Å². The fourth-order valence-corrected chi connectivity index (χ4v) is 2.84. The molecule has 1 aromatic carbocycles. The van der Waals surface area contributed by atoms with Gasteiger partial charge in [-0.05, 0) is 50.1 Å². The first-order valence-electron chi connectivity index (χ1n) is 9.16. The fourth-order valence-electron chi connectivity index (χ4n) is 2.84. The molecule has 2 aromatic heterocycles. The highest BCUT2D eigenvalue weighted by Crippen LogP contribution is 2.30. The molecule has 10 heteroatoms. The number of aliphatic hydroxyl groups is 2. The van der Waals surface area contributed by atoms with Gasteiger partial charge >= 0.3 is 6.18 Å². The predicted molar refractivity (Wildman–Crippen MR) is 105 cm³/mol. The van der Waals surface area contributed by atoms with Crippen molar-refractivity contribution in [2.75, 3.05) is 11.9 Å². The van der Waals surface area contributed by atoms with Crippen LogP contribution in [0.5, 0.6) is 0 Å². The van der Waals surface area contributed by atoms with Crippen LogP contribution in [0.15, 0.2) is 42.9 Å². The number of hydrogen-bond donors (Lipinski definition) is 3. The minimum Gasteiger partial charge on any atom is -0.393 e. The van der Waals surface area contributed by atoms with Crippen molar-refractivity contribution in [2.24, 2.45) is 0 Å². The van der Waals surface area contributed by atoms with Crippen molar-refractivity contribution in [1.82, 2.24) is 19.7 Å². The summed E-state index contributed by atoms with van der Waals surface area (Å²) in [6.45, 7) is 4.69. The predicted octanol–water partition coefficient (Wildman–Crippen LogP) is 3.72. The number of halogens is 3. The van der Waals surface area contributed by atoms with E-state index in [-0.39, 0.29) is 5.95 Å². The van der Waals surface area contributed by atoms with Crippen molar-refractivity contribution in [3.05, 3.63) is 54.1 Å². The van der Waals surface area contributed by atoms with Gasteiger partial charge in [0.15, 0.2) is 0 Å². The molecule has 0 saturated carbocycles. The number of hydrogen-bond acceptors (Lipinski definition) is 6. The lowest BCUT2D eigenvalue weighted by Crippen LogP contribution is -2.38. The second-order valence-corrected chi connectivity index (χ2v) is 7.38. The SMILES string of the molecule is Cc1cc(Nc2nccc(C(F)(F)F)n2)cc(-c2cnn(C(C)C(C)(O)CO)c2)c1. The molecule has 0 fully saturated rings. The van der Waals surface area contributed by atoms with Crippen LogP contribution in [0, 0.1) is 6.92 Å². The molecule has 3 aromatic rings. The first-order valence-corrected chi connectivity index (χ1v) is 9.16. The first-order chi connectivity index (χ1) is 14.0. The van der Waals surface area contributed by atoms with Crippen molar-refractivity contribution in [1.29, 1.82) is 0 Å². The summed E-state index contributed by atoms with van der Waals surface area (Å²) in [5.74, 6) is -0.162. The molecule has 3 N–H and O–H groups in total. The van der Waals surface area contributed by atoms with Gasteiger partial charge in [0.1, 0.15) is 11.3 Å². The van der Waals surface area contributed by atoms with E-state index in [1.807, 2.05) is 13.0 Å². The molecule has 160 valence electrons. The smallest absolute Gasteiger partial charge is 0.393 e. The van der Waals surface area contributed by atoms with Crippen LogP contribution < -0.4 is 5.32 Å². The standard InChI is InChI=1S/C20H22F3N5O2/c1-12-6-14(15-9-25-28(10-15)13(2)19(3,30)11-29)8-16(7-12)26-18-24-5-4-17(27-18)20(21,22)23/h4-10,13,29-30H,11H2,1-3H3,(H,24,26,27). The van der Waals surface area contributed by atoms with Crippen LogP contribution in [-0.4, -0.2) is 42.2 Å². The summed E-state index contributed by atoms with van der Waals surface area (Å²) in [6, 6.07) is 5.74. The molecule has 2 atom stereocenters. The van der Waals surface area contributed by atoms with Gasteiger partial charge in [-0.1, -0.05) is 6.07 Å². The van der Waals surface area contributed by atoms with E-state index < -0.39 is 30.1 Å². The van der Waals surface area contributed by atoms with E-state index in [2.05, 4.69) is 20.4 Å². The number of rotatable bonds is 6. The molecule has 0 aliphatic heterocycles. The lowest BCUT2D eigenvalue weighted by atomic mass is 9.99. The molecule has 0 aliphatic rings. The minimum atomic E-state index is -4.56. The minimum absolute atomic E-state index is 0.162. The lowest BCUT2D eigenvalue weighted by Gasteiger charge is -2.28. The monoisotopic (exact) mass is 421 g/mol. The van der Waals surface area contributed by atoms with Crippen LogP contribution >= 0.6 is 0 Å². The van der Waals surface area contributed by atoms with Gasteiger partial charge < -0.3 is 15.5 Å². The molecule has 0 aliphatic carbocycles. The lowest BCUT2D eigenvalue weighted by molar-refractivity contribution is -0.141. The van der Waals surface area contributed by atoms with E-state index in [4.69, 9.17) is 0 Å². The van der Waals surface area contributed by atoms with E-state index in [1.165, 1.54) is 6.92 Å². The van der Waals surface area contributed by atoms with Crippen LogP contribution in [0.4, 0.5) is 24.8 Å². The Hall–Kier alpha value is -2.98. The molecule has 3 rings (SSSR count). The second-order valence-electron chi connectivity index (χ2n) is 7.38. The van der Waals surface area contributed by atoms with Crippen molar-refractivity contribution >= 4 is 11.6 Å². The van der Waals surface area contributed by atoms with Crippen molar-refractivity contribution in [3.63, 3.8) is 0 Å². The third-order valence-corrected chi connectivity index (χ3v) is 4.83. The number of aromatic nitrogens is 4. The van der Waals surface area contributed by atoms with Gasteiger partial charge in [-0.2, -0.15) is 18.3 Å². The van der Waals surface area contributed by atoms with Gasteiger partial charge in [0.2, 0.25) is 5.95 Å². The average molecular weight is 421 g/mol. The number of anilines is 2. The van der Waals surface area contributed by atoms with Crippen LogP contribution in [0.1, 0.15) is 31.1 Å². The summed E-state index contributed by atoms with van der Waals surface area (Å²) in [7, 11) is 0. The Labute approximate surface area is 171 Å². The Kier molecular flexibility index (Phi) is 5.82. The highest BCUT2D eigenvalue weighted by Gasteiger charge is 2.33. The zero-order valence-corrected chi connectivity index (χ0v) is 16.6. The summed E-state index contributed by atoms with van der Waals surface area (Å²) >= 11 is 0. The first kappa shape index (κ1) is 21.7. The number of benzene rings is 1. The van der Waals surface area contributed by atoms with Gasteiger partial charge in [-0.3, -0.25) is 4.68 Å². The summed E-state index contributed by atoms with van der Waals surface area (Å²) in [6.07, 6.45) is -0.164. The van der Waals surface area contributed by atoms with Crippen molar-refractivity contribution in [2.45, 2.75) is 38.6 Å². The zero-order valence-electron chi connectivity index (χ0n) is 16.6. The molecule has 0 saturated heterocycles. The number of nitrogens with one attached hydrogen (secondary N) is 1. The average Bonchev–Trinajstić information content (AvgIpc) is 3.16. The summed E-state index contributed by atoms with van der Waals surface area (Å²) in [5.41, 5.74) is 0.527. The topological polar surface area (TPSA) is 96.1 Å². The van der Waals surface area contributed by atoms with Crippen LogP contribution in [0.25, 0.3) is 11.1 Å². The van der Waals surface area contributed by atoms with Gasteiger partial charge in [0.25, 0.3) is 0 Å². The number of nitrogens with zero attached hydrogens (tertiary/aromatic N) is 4. The zero-order chi connectivity index (χ0) is 22.1. The Morgan fingerprint density at radius 1 is 1.20 bits per heavy atom. The van der Waals surface area contributed by atoms with E-state index in [1.54, 1.807) is 36.1 Å². The Morgan fingerprint density at radius 3 is 2.60 bits per heavy atom. The fraction of sp³-hybridized carbons (Fsp3) is 0.350. The summed E-state index contributed by atoms with van der Waals surface area (Å²) in [5, 5.41) is 26.7. The molecule has 0 spiro atoms. The Bertz CT molecular complexity index is 1030. The van der Waals surface area contributed by atoms with Crippen molar-refractivity contribution in [3.8, 4) is 11.1 Å². The van der Waals surface area contributed by atoms with Gasteiger partial charge in [-0.15, -0.1) is 0 Å². The quantitative estimate of drug-likeness (QED) is 0.562. The van der Waals surface area contributed by atoms with Gasteiger partial charge in [0, 0.05) is 23.6 Å². The van der Waals surface area contributed by atoms with E-state index >= 15 is 0 Å². The van der Waals surface area contributed by atoms with Crippen LogP contribution in [0.2, 0.25) is 0 Å². The molecule has 2 unspecified atom stereocenters. The second kappa shape index (κ2) is 8.04.